The van der Waals surface area contributed by atoms with Gasteiger partial charge in [0.2, 0.25) is 0 Å². The van der Waals surface area contributed by atoms with Crippen molar-refractivity contribution in [3.63, 3.8) is 0 Å². The second-order valence-corrected chi connectivity index (χ2v) is 5.88. The highest BCUT2D eigenvalue weighted by atomic mass is 19.4. The number of hydrogen-bond acceptors (Lipinski definition) is 2. The fourth-order valence-corrected chi connectivity index (χ4v) is 2.67. The fraction of sp³-hybridized carbons (Fsp3) is 0.100. The molecule has 3 rings (SSSR count). The van der Waals surface area contributed by atoms with E-state index >= 15 is 0 Å². The lowest BCUT2D eigenvalue weighted by molar-refractivity contribution is -0.137. The third-order valence-corrected chi connectivity index (χ3v) is 3.93. The summed E-state index contributed by atoms with van der Waals surface area (Å²) in [4.78, 5) is 0. The van der Waals surface area contributed by atoms with Crippen LogP contribution in [0.25, 0.3) is 0 Å². The molecule has 0 saturated heterocycles. The largest absolute Gasteiger partial charge is 0.418 e. The van der Waals surface area contributed by atoms with Crippen LogP contribution in [0.3, 0.4) is 0 Å². The van der Waals surface area contributed by atoms with Gasteiger partial charge in [0, 0.05) is 0 Å². The minimum Gasteiger partial charge on any atom is -0.353 e. The number of anilines is 4. The van der Waals surface area contributed by atoms with Crippen LogP contribution in [-0.2, 0) is 12.4 Å². The standard InChI is InChI=1S/C20H14F6N2/c21-19(22,23)13-7-1-3-9-15(13)27-17-11-5-6-12-18(17)28-16-10-4-2-8-14(16)20(24,25)26/h1-12,27-28H. The Morgan fingerprint density at radius 3 is 1.04 bits per heavy atom. The summed E-state index contributed by atoms with van der Waals surface area (Å²) < 4.78 is 79.2. The zero-order valence-electron chi connectivity index (χ0n) is 14.2. The van der Waals surface area contributed by atoms with E-state index < -0.39 is 23.5 Å². The van der Waals surface area contributed by atoms with E-state index in [0.29, 0.717) is 0 Å². The number of nitrogens with one attached hydrogen (secondary N) is 2. The number of benzene rings is 3. The maximum absolute atomic E-state index is 13.2. The molecule has 0 atom stereocenters. The minimum atomic E-state index is -4.57. The molecular weight excluding hydrogens is 382 g/mol. The predicted octanol–water partition coefficient (Wildman–Crippen LogP) is 7.21. The summed E-state index contributed by atoms with van der Waals surface area (Å²) in [7, 11) is 0. The zero-order chi connectivity index (χ0) is 20.4. The molecule has 8 heteroatoms. The van der Waals surface area contributed by atoms with Gasteiger partial charge in [-0.15, -0.1) is 0 Å². The lowest BCUT2D eigenvalue weighted by Gasteiger charge is -2.19. The molecule has 0 radical (unpaired) electrons. The lowest BCUT2D eigenvalue weighted by Crippen LogP contribution is -2.10. The van der Waals surface area contributed by atoms with E-state index in [1.54, 1.807) is 12.1 Å². The van der Waals surface area contributed by atoms with Crippen LogP contribution in [0.5, 0.6) is 0 Å². The quantitative estimate of drug-likeness (QED) is 0.455. The molecule has 3 aromatic rings. The Morgan fingerprint density at radius 2 is 0.714 bits per heavy atom. The highest BCUT2D eigenvalue weighted by Crippen LogP contribution is 2.39. The topological polar surface area (TPSA) is 24.1 Å². The Balaban J connectivity index is 1.97. The number of halogens is 6. The maximum Gasteiger partial charge on any atom is 0.418 e. The second-order valence-electron chi connectivity index (χ2n) is 5.88. The Labute approximate surface area is 156 Å². The molecule has 0 heterocycles. The van der Waals surface area contributed by atoms with Crippen molar-refractivity contribution in [2.45, 2.75) is 12.4 Å². The van der Waals surface area contributed by atoms with Crippen molar-refractivity contribution in [1.29, 1.82) is 0 Å². The summed E-state index contributed by atoms with van der Waals surface area (Å²) in [6.07, 6.45) is -9.15. The molecule has 3 aromatic carbocycles. The van der Waals surface area contributed by atoms with Crippen LogP contribution in [0.1, 0.15) is 11.1 Å². The van der Waals surface area contributed by atoms with Crippen LogP contribution >= 0.6 is 0 Å². The van der Waals surface area contributed by atoms with Crippen LogP contribution in [0.4, 0.5) is 49.1 Å². The Morgan fingerprint density at radius 1 is 0.429 bits per heavy atom. The van der Waals surface area contributed by atoms with E-state index in [2.05, 4.69) is 10.6 Å². The van der Waals surface area contributed by atoms with Gasteiger partial charge in [-0.3, -0.25) is 0 Å². The molecule has 0 aromatic heterocycles. The van der Waals surface area contributed by atoms with Gasteiger partial charge in [-0.2, -0.15) is 26.3 Å². The van der Waals surface area contributed by atoms with Gasteiger partial charge in [0.05, 0.1) is 33.9 Å². The molecule has 0 aliphatic carbocycles. The number of rotatable bonds is 4. The van der Waals surface area contributed by atoms with Crippen molar-refractivity contribution in [3.8, 4) is 0 Å². The minimum absolute atomic E-state index is 0.201. The van der Waals surface area contributed by atoms with Gasteiger partial charge < -0.3 is 10.6 Å². The monoisotopic (exact) mass is 396 g/mol. The van der Waals surface area contributed by atoms with Gasteiger partial charge in [0.15, 0.2) is 0 Å². The molecule has 0 aliphatic rings. The third-order valence-electron chi connectivity index (χ3n) is 3.93. The van der Waals surface area contributed by atoms with E-state index in [9.17, 15) is 26.3 Å². The fourth-order valence-electron chi connectivity index (χ4n) is 2.67. The molecule has 0 aliphatic heterocycles. The second kappa shape index (κ2) is 7.46. The molecule has 0 amide bonds. The first-order chi connectivity index (χ1) is 13.2. The average Bonchev–Trinajstić information content (AvgIpc) is 2.62. The number of alkyl halides is 6. The average molecular weight is 396 g/mol. The van der Waals surface area contributed by atoms with Crippen LogP contribution < -0.4 is 10.6 Å². The molecule has 0 saturated carbocycles. The first kappa shape index (κ1) is 19.6. The van der Waals surface area contributed by atoms with Gasteiger partial charge in [0.1, 0.15) is 0 Å². The molecule has 28 heavy (non-hydrogen) atoms. The van der Waals surface area contributed by atoms with Gasteiger partial charge in [-0.05, 0) is 36.4 Å². The molecule has 0 bridgehead atoms. The van der Waals surface area contributed by atoms with Crippen LogP contribution in [-0.4, -0.2) is 0 Å². The summed E-state index contributed by atoms with van der Waals surface area (Å²) in [5.41, 5.74) is -1.74. The van der Waals surface area contributed by atoms with Crippen molar-refractivity contribution in [2.24, 2.45) is 0 Å². The summed E-state index contributed by atoms with van der Waals surface area (Å²) >= 11 is 0. The van der Waals surface area contributed by atoms with Gasteiger partial charge in [0.25, 0.3) is 0 Å². The van der Waals surface area contributed by atoms with Gasteiger partial charge in [-0.1, -0.05) is 36.4 Å². The zero-order valence-corrected chi connectivity index (χ0v) is 14.2. The van der Waals surface area contributed by atoms with Crippen LogP contribution in [0.2, 0.25) is 0 Å². The predicted molar refractivity (Wildman–Crippen MR) is 95.9 cm³/mol. The van der Waals surface area contributed by atoms with E-state index in [4.69, 9.17) is 0 Å². The van der Waals surface area contributed by atoms with Crippen molar-refractivity contribution < 1.29 is 26.3 Å². The normalized spacial score (nSPS) is 11.9. The number of hydrogen-bond donors (Lipinski definition) is 2. The molecular formula is C20H14F6N2. The molecule has 0 fully saturated rings. The van der Waals surface area contributed by atoms with Crippen molar-refractivity contribution >= 4 is 22.7 Å². The van der Waals surface area contributed by atoms with Crippen molar-refractivity contribution in [2.75, 3.05) is 10.6 Å². The number of para-hydroxylation sites is 4. The highest BCUT2D eigenvalue weighted by molar-refractivity contribution is 5.80. The summed E-state index contributed by atoms with van der Waals surface area (Å²) in [5, 5.41) is 5.32. The van der Waals surface area contributed by atoms with E-state index in [1.165, 1.54) is 48.5 Å². The molecule has 2 nitrogen and oxygen atoms in total. The summed E-state index contributed by atoms with van der Waals surface area (Å²) in [6.45, 7) is 0. The smallest absolute Gasteiger partial charge is 0.353 e. The summed E-state index contributed by atoms with van der Waals surface area (Å²) in [6, 6.07) is 15.9. The summed E-state index contributed by atoms with van der Waals surface area (Å²) in [5.74, 6) is 0. The van der Waals surface area contributed by atoms with E-state index in [0.717, 1.165) is 12.1 Å². The van der Waals surface area contributed by atoms with E-state index in [-0.39, 0.29) is 22.7 Å². The van der Waals surface area contributed by atoms with Gasteiger partial charge >= 0.3 is 12.4 Å². The first-order valence-electron chi connectivity index (χ1n) is 8.12. The maximum atomic E-state index is 13.2. The molecule has 2 N–H and O–H groups in total. The Bertz CT molecular complexity index is 885. The van der Waals surface area contributed by atoms with E-state index in [1.807, 2.05) is 0 Å². The highest BCUT2D eigenvalue weighted by Gasteiger charge is 2.34. The molecule has 146 valence electrons. The Kier molecular flexibility index (Phi) is 5.22. The SMILES string of the molecule is FC(F)(F)c1ccccc1Nc1ccccc1Nc1ccccc1C(F)(F)F. The van der Waals surface area contributed by atoms with Crippen LogP contribution in [0, 0.1) is 0 Å². The molecule has 0 unspecified atom stereocenters. The third kappa shape index (κ3) is 4.39. The molecule has 0 spiro atoms. The lowest BCUT2D eigenvalue weighted by atomic mass is 10.1. The van der Waals surface area contributed by atoms with Crippen molar-refractivity contribution in [1.82, 2.24) is 0 Å². The van der Waals surface area contributed by atoms with Crippen LogP contribution in [0.15, 0.2) is 72.8 Å². The Hall–Kier alpha value is -3.16. The van der Waals surface area contributed by atoms with Gasteiger partial charge in [-0.25, -0.2) is 0 Å². The first-order valence-corrected chi connectivity index (χ1v) is 8.12. The van der Waals surface area contributed by atoms with Crippen molar-refractivity contribution in [3.05, 3.63) is 83.9 Å².